The van der Waals surface area contributed by atoms with Gasteiger partial charge in [-0.05, 0) is 53.1 Å². The maximum absolute atomic E-state index is 12.3. The number of fused-ring (bicyclic) bond motifs is 1. The van der Waals surface area contributed by atoms with E-state index in [1.807, 2.05) is 64.7 Å². The van der Waals surface area contributed by atoms with E-state index in [2.05, 4.69) is 4.90 Å². The van der Waals surface area contributed by atoms with E-state index in [0.29, 0.717) is 12.2 Å². The molecule has 0 aliphatic rings. The molecule has 0 aliphatic carbocycles. The Labute approximate surface area is 137 Å². The first-order valence-electron chi connectivity index (χ1n) is 7.92. The van der Waals surface area contributed by atoms with Crippen molar-refractivity contribution in [2.24, 2.45) is 7.05 Å². The van der Waals surface area contributed by atoms with Crippen molar-refractivity contribution in [1.29, 1.82) is 0 Å². The summed E-state index contributed by atoms with van der Waals surface area (Å²) in [6, 6.07) is 5.87. The molecule has 0 spiro atoms. The lowest BCUT2D eigenvalue weighted by molar-refractivity contribution is 0.0527. The van der Waals surface area contributed by atoms with Gasteiger partial charge in [-0.15, -0.1) is 0 Å². The molecule has 1 atom stereocenters. The lowest BCUT2D eigenvalue weighted by Crippen LogP contribution is -2.27. The summed E-state index contributed by atoms with van der Waals surface area (Å²) in [4.78, 5) is 14.4. The van der Waals surface area contributed by atoms with Crippen molar-refractivity contribution in [3.05, 3.63) is 29.5 Å². The summed E-state index contributed by atoms with van der Waals surface area (Å²) in [6.07, 6.45) is 0.0679. The molecule has 126 valence electrons. The van der Waals surface area contributed by atoms with Crippen LogP contribution in [0.15, 0.2) is 18.2 Å². The van der Waals surface area contributed by atoms with Gasteiger partial charge in [0.05, 0.1) is 12.2 Å². The van der Waals surface area contributed by atoms with Gasteiger partial charge in [0.25, 0.3) is 0 Å². The minimum Gasteiger partial charge on any atom is -0.489 e. The average molecular weight is 318 g/mol. The van der Waals surface area contributed by atoms with Crippen molar-refractivity contribution >= 4 is 16.9 Å². The summed E-state index contributed by atoms with van der Waals surface area (Å²) in [5.41, 5.74) is 2.52. The number of carbonyl (C=O) groups is 1. The predicted octanol–water partition coefficient (Wildman–Crippen LogP) is 2.99. The van der Waals surface area contributed by atoms with Gasteiger partial charge >= 0.3 is 5.97 Å². The minimum atomic E-state index is -0.283. The average Bonchev–Trinajstić information content (AvgIpc) is 2.70. The zero-order valence-corrected chi connectivity index (χ0v) is 14.8. The van der Waals surface area contributed by atoms with Crippen LogP contribution < -0.4 is 4.74 Å². The molecule has 1 unspecified atom stereocenters. The highest BCUT2D eigenvalue weighted by atomic mass is 16.5. The highest BCUT2D eigenvalue weighted by Crippen LogP contribution is 2.29. The maximum Gasteiger partial charge on any atom is 0.340 e. The minimum absolute atomic E-state index is 0.0679. The van der Waals surface area contributed by atoms with E-state index in [0.717, 1.165) is 28.9 Å². The third kappa shape index (κ3) is 3.67. The van der Waals surface area contributed by atoms with Gasteiger partial charge in [0, 0.05) is 30.2 Å². The summed E-state index contributed by atoms with van der Waals surface area (Å²) >= 11 is 0. The molecule has 0 fully saturated rings. The summed E-state index contributed by atoms with van der Waals surface area (Å²) in [7, 11) is 5.99. The van der Waals surface area contributed by atoms with Crippen LogP contribution in [0, 0.1) is 6.92 Å². The van der Waals surface area contributed by atoms with E-state index >= 15 is 0 Å². The number of aryl methyl sites for hydroxylation is 1. The van der Waals surface area contributed by atoms with E-state index in [-0.39, 0.29) is 12.1 Å². The molecule has 1 aromatic carbocycles. The van der Waals surface area contributed by atoms with Gasteiger partial charge in [0.2, 0.25) is 0 Å². The Kier molecular flexibility index (Phi) is 5.31. The van der Waals surface area contributed by atoms with Crippen LogP contribution in [0.5, 0.6) is 5.75 Å². The second kappa shape index (κ2) is 7.04. The Bertz CT molecular complexity index is 704. The Hall–Kier alpha value is -2.01. The zero-order chi connectivity index (χ0) is 17.1. The molecule has 0 amide bonds. The number of hydrogen-bond acceptors (Lipinski definition) is 4. The molecule has 2 rings (SSSR count). The molecule has 0 saturated carbocycles. The van der Waals surface area contributed by atoms with Gasteiger partial charge in [-0.2, -0.15) is 0 Å². The van der Waals surface area contributed by atoms with E-state index in [1.165, 1.54) is 0 Å². The fraction of sp³-hybridized carbons (Fsp3) is 0.500. The molecule has 1 heterocycles. The molecule has 1 aromatic heterocycles. The number of nitrogens with zero attached hydrogens (tertiary/aromatic N) is 2. The highest BCUT2D eigenvalue weighted by molar-refractivity contribution is 6.06. The number of ether oxygens (including phenoxy) is 2. The quantitative estimate of drug-likeness (QED) is 0.768. The molecule has 0 aliphatic heterocycles. The largest absolute Gasteiger partial charge is 0.489 e. The van der Waals surface area contributed by atoms with Crippen molar-refractivity contribution in [2.75, 3.05) is 27.2 Å². The van der Waals surface area contributed by atoms with Gasteiger partial charge in [0.1, 0.15) is 11.9 Å². The van der Waals surface area contributed by atoms with E-state index in [4.69, 9.17) is 9.47 Å². The number of carbonyl (C=O) groups excluding carboxylic acids is 1. The van der Waals surface area contributed by atoms with Crippen molar-refractivity contribution in [1.82, 2.24) is 9.47 Å². The molecule has 5 nitrogen and oxygen atoms in total. The second-order valence-electron chi connectivity index (χ2n) is 6.11. The van der Waals surface area contributed by atoms with Crippen LogP contribution in [-0.2, 0) is 11.8 Å². The molecular weight excluding hydrogens is 292 g/mol. The second-order valence-corrected chi connectivity index (χ2v) is 6.11. The molecular formula is C18H26N2O3. The Morgan fingerprint density at radius 2 is 2.04 bits per heavy atom. The summed E-state index contributed by atoms with van der Waals surface area (Å²) in [6.45, 7) is 6.98. The molecule has 0 N–H and O–H groups in total. The third-order valence-corrected chi connectivity index (χ3v) is 3.90. The van der Waals surface area contributed by atoms with Crippen molar-refractivity contribution in [3.63, 3.8) is 0 Å². The van der Waals surface area contributed by atoms with Gasteiger partial charge in [-0.1, -0.05) is 0 Å². The molecule has 0 radical (unpaired) electrons. The molecule has 5 heteroatoms. The zero-order valence-electron chi connectivity index (χ0n) is 14.8. The SMILES string of the molecule is CCOC(=O)c1c(C)n(C)c2ccc(OC(C)CN(C)C)cc12. The lowest BCUT2D eigenvalue weighted by Gasteiger charge is -2.18. The number of rotatable bonds is 6. The van der Waals surface area contributed by atoms with E-state index < -0.39 is 0 Å². The Morgan fingerprint density at radius 1 is 1.35 bits per heavy atom. The first-order valence-corrected chi connectivity index (χ1v) is 7.92. The van der Waals surface area contributed by atoms with Crippen LogP contribution in [0.3, 0.4) is 0 Å². The van der Waals surface area contributed by atoms with Gasteiger partial charge in [0.15, 0.2) is 0 Å². The number of esters is 1. The van der Waals surface area contributed by atoms with Crippen LogP contribution >= 0.6 is 0 Å². The van der Waals surface area contributed by atoms with Crippen molar-refractivity contribution < 1.29 is 14.3 Å². The number of likely N-dealkylation sites (N-methyl/N-ethyl adjacent to an activating group) is 1. The molecule has 23 heavy (non-hydrogen) atoms. The predicted molar refractivity (Wildman–Crippen MR) is 92.3 cm³/mol. The normalized spacial score (nSPS) is 12.7. The summed E-state index contributed by atoms with van der Waals surface area (Å²) in [5.74, 6) is 0.483. The van der Waals surface area contributed by atoms with Crippen molar-refractivity contribution in [2.45, 2.75) is 26.9 Å². The third-order valence-electron chi connectivity index (χ3n) is 3.90. The van der Waals surface area contributed by atoms with Crippen LogP contribution in [0.4, 0.5) is 0 Å². The fourth-order valence-corrected chi connectivity index (χ4v) is 2.87. The number of benzene rings is 1. The standard InChI is InChI=1S/C18H26N2O3/c1-7-22-18(21)17-13(3)20(6)16-9-8-14(10-15(16)17)23-12(2)11-19(4)5/h8-10,12H,7,11H2,1-6H3. The van der Waals surface area contributed by atoms with E-state index in [9.17, 15) is 4.79 Å². The number of hydrogen-bond donors (Lipinski definition) is 0. The summed E-state index contributed by atoms with van der Waals surface area (Å²) < 4.78 is 13.2. The maximum atomic E-state index is 12.3. The molecule has 0 saturated heterocycles. The number of aromatic nitrogens is 1. The topological polar surface area (TPSA) is 43.7 Å². The first-order chi connectivity index (χ1) is 10.8. The first kappa shape index (κ1) is 17.3. The van der Waals surface area contributed by atoms with Crippen LogP contribution in [0.2, 0.25) is 0 Å². The van der Waals surface area contributed by atoms with Crippen LogP contribution in [0.1, 0.15) is 29.9 Å². The summed E-state index contributed by atoms with van der Waals surface area (Å²) in [5, 5.41) is 0.873. The van der Waals surface area contributed by atoms with Crippen LogP contribution in [-0.4, -0.2) is 48.8 Å². The van der Waals surface area contributed by atoms with Crippen LogP contribution in [0.25, 0.3) is 10.9 Å². The molecule has 0 bridgehead atoms. The highest BCUT2D eigenvalue weighted by Gasteiger charge is 2.20. The smallest absolute Gasteiger partial charge is 0.340 e. The molecule has 2 aromatic rings. The van der Waals surface area contributed by atoms with Gasteiger partial charge in [-0.3, -0.25) is 0 Å². The Morgan fingerprint density at radius 3 is 2.65 bits per heavy atom. The monoisotopic (exact) mass is 318 g/mol. The fourth-order valence-electron chi connectivity index (χ4n) is 2.87. The Balaban J connectivity index is 2.41. The van der Waals surface area contributed by atoms with Crippen molar-refractivity contribution in [3.8, 4) is 5.75 Å². The lowest BCUT2D eigenvalue weighted by atomic mass is 10.1. The van der Waals surface area contributed by atoms with Gasteiger partial charge < -0.3 is 18.9 Å². The van der Waals surface area contributed by atoms with Gasteiger partial charge in [-0.25, -0.2) is 4.79 Å². The van der Waals surface area contributed by atoms with E-state index in [1.54, 1.807) is 0 Å².